The minimum atomic E-state index is 0.217. The lowest BCUT2D eigenvalue weighted by atomic mass is 9.80. The summed E-state index contributed by atoms with van der Waals surface area (Å²) in [7, 11) is 0. The molecule has 2 aliphatic rings. The standard InChI is InChI=1S/C14H26N2O2/c1-3-18-13-6-11(7-13)8-14(17)16-10(2)12-4-5-15-9-12/h10-13,15H,3-9H2,1-2H3,(H,16,17). The molecule has 0 aromatic heterocycles. The van der Waals surface area contributed by atoms with E-state index in [-0.39, 0.29) is 5.91 Å². The number of carbonyl (C=O) groups is 1. The molecule has 0 spiro atoms. The Morgan fingerprint density at radius 2 is 2.28 bits per heavy atom. The van der Waals surface area contributed by atoms with Gasteiger partial charge in [0.2, 0.25) is 5.91 Å². The van der Waals surface area contributed by atoms with Crippen molar-refractivity contribution >= 4 is 5.91 Å². The summed E-state index contributed by atoms with van der Waals surface area (Å²) in [5, 5.41) is 6.49. The second-order valence-corrected chi connectivity index (χ2v) is 5.73. The zero-order valence-electron chi connectivity index (χ0n) is 11.6. The number of hydrogen-bond donors (Lipinski definition) is 2. The largest absolute Gasteiger partial charge is 0.378 e. The number of ether oxygens (including phenoxy) is 1. The van der Waals surface area contributed by atoms with Gasteiger partial charge in [-0.15, -0.1) is 0 Å². The van der Waals surface area contributed by atoms with Crippen molar-refractivity contribution in [3.8, 4) is 0 Å². The maximum absolute atomic E-state index is 11.9. The first-order chi connectivity index (χ1) is 8.69. The predicted octanol–water partition coefficient (Wildman–Crippen LogP) is 1.31. The summed E-state index contributed by atoms with van der Waals surface area (Å²) in [6.07, 6.45) is 4.37. The van der Waals surface area contributed by atoms with Gasteiger partial charge in [-0.3, -0.25) is 4.79 Å². The Bertz CT molecular complexity index is 271. The number of amides is 1. The Hall–Kier alpha value is -0.610. The van der Waals surface area contributed by atoms with Crippen LogP contribution in [0.3, 0.4) is 0 Å². The third-order valence-electron chi connectivity index (χ3n) is 4.26. The first-order valence-electron chi connectivity index (χ1n) is 7.30. The second-order valence-electron chi connectivity index (χ2n) is 5.73. The van der Waals surface area contributed by atoms with E-state index in [1.165, 1.54) is 6.42 Å². The molecule has 1 saturated carbocycles. The molecular formula is C14H26N2O2. The van der Waals surface area contributed by atoms with E-state index in [2.05, 4.69) is 17.6 Å². The van der Waals surface area contributed by atoms with Gasteiger partial charge in [-0.05, 0) is 58.0 Å². The zero-order chi connectivity index (χ0) is 13.0. The fraction of sp³-hybridized carbons (Fsp3) is 0.929. The van der Waals surface area contributed by atoms with Crippen LogP contribution in [0.2, 0.25) is 0 Å². The fourth-order valence-electron chi connectivity index (χ4n) is 3.01. The Kier molecular flexibility index (Phi) is 5.01. The summed E-state index contributed by atoms with van der Waals surface area (Å²) in [6, 6.07) is 0.301. The van der Waals surface area contributed by atoms with Gasteiger partial charge < -0.3 is 15.4 Å². The highest BCUT2D eigenvalue weighted by Gasteiger charge is 2.31. The molecule has 104 valence electrons. The fourth-order valence-corrected chi connectivity index (χ4v) is 3.01. The van der Waals surface area contributed by atoms with Gasteiger partial charge in [0.15, 0.2) is 0 Å². The number of rotatable bonds is 6. The lowest BCUT2D eigenvalue weighted by molar-refractivity contribution is -0.125. The average molecular weight is 254 g/mol. The molecule has 0 aromatic carbocycles. The lowest BCUT2D eigenvalue weighted by Gasteiger charge is -2.34. The van der Waals surface area contributed by atoms with Crippen molar-refractivity contribution in [1.29, 1.82) is 0 Å². The van der Waals surface area contributed by atoms with E-state index in [1.807, 2.05) is 6.92 Å². The van der Waals surface area contributed by atoms with Crippen LogP contribution in [0.4, 0.5) is 0 Å². The summed E-state index contributed by atoms with van der Waals surface area (Å²) < 4.78 is 5.51. The molecule has 4 heteroatoms. The molecule has 2 N–H and O–H groups in total. The third kappa shape index (κ3) is 3.69. The first kappa shape index (κ1) is 13.8. The summed E-state index contributed by atoms with van der Waals surface area (Å²) in [6.45, 7) is 7.06. The summed E-state index contributed by atoms with van der Waals surface area (Å²) in [4.78, 5) is 11.9. The van der Waals surface area contributed by atoms with Gasteiger partial charge in [-0.1, -0.05) is 0 Å². The molecule has 18 heavy (non-hydrogen) atoms. The Morgan fingerprint density at radius 1 is 1.50 bits per heavy atom. The summed E-state index contributed by atoms with van der Waals surface area (Å²) in [5.74, 6) is 1.36. The normalized spacial score (nSPS) is 32.9. The number of carbonyl (C=O) groups excluding carboxylic acids is 1. The highest BCUT2D eigenvalue weighted by atomic mass is 16.5. The van der Waals surface area contributed by atoms with Crippen LogP contribution in [0.1, 0.15) is 39.5 Å². The van der Waals surface area contributed by atoms with Crippen molar-refractivity contribution in [2.45, 2.75) is 51.7 Å². The van der Waals surface area contributed by atoms with Crippen molar-refractivity contribution in [3.05, 3.63) is 0 Å². The van der Waals surface area contributed by atoms with Crippen molar-refractivity contribution in [2.75, 3.05) is 19.7 Å². The van der Waals surface area contributed by atoms with Gasteiger partial charge in [0.05, 0.1) is 6.10 Å². The van der Waals surface area contributed by atoms with E-state index in [1.54, 1.807) is 0 Å². The summed E-state index contributed by atoms with van der Waals surface area (Å²) in [5.41, 5.74) is 0. The van der Waals surface area contributed by atoms with Crippen molar-refractivity contribution < 1.29 is 9.53 Å². The van der Waals surface area contributed by atoms with Gasteiger partial charge in [0, 0.05) is 19.1 Å². The van der Waals surface area contributed by atoms with Crippen LogP contribution < -0.4 is 10.6 Å². The molecule has 1 amide bonds. The second kappa shape index (κ2) is 6.53. The molecule has 2 unspecified atom stereocenters. The monoisotopic (exact) mass is 254 g/mol. The van der Waals surface area contributed by atoms with Gasteiger partial charge in [0.1, 0.15) is 0 Å². The van der Waals surface area contributed by atoms with Crippen LogP contribution in [-0.4, -0.2) is 37.7 Å². The Morgan fingerprint density at radius 3 is 2.89 bits per heavy atom. The third-order valence-corrected chi connectivity index (χ3v) is 4.26. The molecule has 2 rings (SSSR count). The summed E-state index contributed by atoms with van der Waals surface area (Å²) >= 11 is 0. The first-order valence-corrected chi connectivity index (χ1v) is 7.30. The van der Waals surface area contributed by atoms with Gasteiger partial charge >= 0.3 is 0 Å². The van der Waals surface area contributed by atoms with E-state index in [0.717, 1.165) is 32.5 Å². The quantitative estimate of drug-likeness (QED) is 0.751. The molecule has 4 nitrogen and oxygen atoms in total. The zero-order valence-corrected chi connectivity index (χ0v) is 11.6. The molecule has 0 aromatic rings. The van der Waals surface area contributed by atoms with Crippen molar-refractivity contribution in [2.24, 2.45) is 11.8 Å². The van der Waals surface area contributed by atoms with E-state index < -0.39 is 0 Å². The van der Waals surface area contributed by atoms with Crippen LogP contribution in [0.5, 0.6) is 0 Å². The minimum absolute atomic E-state index is 0.217. The number of hydrogen-bond acceptors (Lipinski definition) is 3. The average Bonchev–Trinajstić information content (AvgIpc) is 2.79. The Labute approximate surface area is 110 Å². The predicted molar refractivity (Wildman–Crippen MR) is 71.3 cm³/mol. The maximum atomic E-state index is 11.9. The molecule has 2 atom stereocenters. The molecule has 1 aliphatic carbocycles. The van der Waals surface area contributed by atoms with Crippen LogP contribution >= 0.6 is 0 Å². The van der Waals surface area contributed by atoms with Crippen molar-refractivity contribution in [1.82, 2.24) is 10.6 Å². The molecular weight excluding hydrogens is 228 g/mol. The molecule has 1 aliphatic heterocycles. The van der Waals surface area contributed by atoms with Crippen LogP contribution in [-0.2, 0) is 9.53 Å². The van der Waals surface area contributed by atoms with Gasteiger partial charge in [-0.25, -0.2) is 0 Å². The SMILES string of the molecule is CCOC1CC(CC(=O)NC(C)C2CCNC2)C1. The smallest absolute Gasteiger partial charge is 0.220 e. The molecule has 1 heterocycles. The number of nitrogens with one attached hydrogen (secondary N) is 2. The Balaban J connectivity index is 1.60. The van der Waals surface area contributed by atoms with Crippen LogP contribution in [0, 0.1) is 11.8 Å². The van der Waals surface area contributed by atoms with Crippen LogP contribution in [0.25, 0.3) is 0 Å². The van der Waals surface area contributed by atoms with Gasteiger partial charge in [-0.2, -0.15) is 0 Å². The van der Waals surface area contributed by atoms with E-state index in [4.69, 9.17) is 4.74 Å². The maximum Gasteiger partial charge on any atom is 0.220 e. The van der Waals surface area contributed by atoms with Crippen molar-refractivity contribution in [3.63, 3.8) is 0 Å². The van der Waals surface area contributed by atoms with E-state index in [0.29, 0.717) is 30.4 Å². The highest BCUT2D eigenvalue weighted by molar-refractivity contribution is 5.76. The molecule has 0 radical (unpaired) electrons. The van der Waals surface area contributed by atoms with Crippen LogP contribution in [0.15, 0.2) is 0 Å². The minimum Gasteiger partial charge on any atom is -0.378 e. The van der Waals surface area contributed by atoms with E-state index >= 15 is 0 Å². The molecule has 2 fully saturated rings. The molecule has 0 bridgehead atoms. The van der Waals surface area contributed by atoms with E-state index in [9.17, 15) is 4.79 Å². The molecule has 1 saturated heterocycles. The highest BCUT2D eigenvalue weighted by Crippen LogP contribution is 2.32. The topological polar surface area (TPSA) is 50.4 Å². The van der Waals surface area contributed by atoms with Gasteiger partial charge in [0.25, 0.3) is 0 Å². The lowest BCUT2D eigenvalue weighted by Crippen LogP contribution is -2.41.